The number of carbonyl (C=O) groups excluding carboxylic acids is 1. The van der Waals surface area contributed by atoms with Crippen molar-refractivity contribution in [3.05, 3.63) is 89.8 Å². The lowest BCUT2D eigenvalue weighted by molar-refractivity contribution is -0.143. The minimum absolute atomic E-state index is 0.222. The molecule has 4 rings (SSSR count). The van der Waals surface area contributed by atoms with Crippen LogP contribution in [-0.4, -0.2) is 30.4 Å². The van der Waals surface area contributed by atoms with E-state index in [4.69, 9.17) is 14.2 Å². The van der Waals surface area contributed by atoms with Gasteiger partial charge in [-0.3, -0.25) is 9.36 Å². The summed E-state index contributed by atoms with van der Waals surface area (Å²) < 4.78 is 18.7. The number of rotatable bonds is 8. The number of allylic oxidation sites excluding steroid dienone is 1. The number of methoxy groups -OCH3 is 1. The minimum atomic E-state index is -0.594. The molecule has 7 nitrogen and oxygen atoms in total. The molecule has 1 unspecified atom stereocenters. The van der Waals surface area contributed by atoms with Gasteiger partial charge in [0.05, 0.1) is 29.0 Å². The molecule has 3 aromatic rings. The van der Waals surface area contributed by atoms with Crippen LogP contribution >= 0.6 is 22.7 Å². The maximum absolute atomic E-state index is 13.6. The predicted molar refractivity (Wildman–Crippen MR) is 138 cm³/mol. The Balaban J connectivity index is 1.84. The van der Waals surface area contributed by atoms with Crippen LogP contribution in [0.25, 0.3) is 6.08 Å². The molecule has 9 heteroatoms. The number of aromatic nitrogens is 1. The van der Waals surface area contributed by atoms with Crippen LogP contribution in [0.2, 0.25) is 0 Å². The van der Waals surface area contributed by atoms with Crippen molar-refractivity contribution in [3.8, 4) is 11.5 Å². The highest BCUT2D eigenvalue weighted by Gasteiger charge is 2.34. The summed E-state index contributed by atoms with van der Waals surface area (Å²) in [7, 11) is 1.56. The molecule has 3 heterocycles. The molecule has 0 saturated carbocycles. The molecule has 35 heavy (non-hydrogen) atoms. The minimum Gasteiger partial charge on any atom is -0.493 e. The first-order chi connectivity index (χ1) is 16.8. The first-order valence-electron chi connectivity index (χ1n) is 11.0. The molecule has 0 fully saturated rings. The molecule has 1 atom stereocenters. The number of benzene rings is 1. The predicted octanol–water partition coefficient (Wildman–Crippen LogP) is 3.82. The number of thiazole rings is 1. The van der Waals surface area contributed by atoms with Gasteiger partial charge in [-0.05, 0) is 56.0 Å². The van der Waals surface area contributed by atoms with Crippen LogP contribution in [-0.2, 0) is 9.53 Å². The van der Waals surface area contributed by atoms with E-state index >= 15 is 0 Å². The highest BCUT2D eigenvalue weighted by molar-refractivity contribution is 7.10. The van der Waals surface area contributed by atoms with Gasteiger partial charge in [0.2, 0.25) is 0 Å². The maximum atomic E-state index is 13.6. The third kappa shape index (κ3) is 5.01. The number of hydrogen-bond donors (Lipinski definition) is 0. The summed E-state index contributed by atoms with van der Waals surface area (Å²) in [5.41, 5.74) is 1.49. The lowest BCUT2D eigenvalue weighted by Gasteiger charge is -2.24. The van der Waals surface area contributed by atoms with Crippen LogP contribution in [0.5, 0.6) is 11.5 Å². The zero-order valence-corrected chi connectivity index (χ0v) is 21.6. The molecule has 0 N–H and O–H groups in total. The third-order valence-electron chi connectivity index (χ3n) is 5.24. The Morgan fingerprint density at radius 3 is 2.74 bits per heavy atom. The number of fused-ring (bicyclic) bond motifs is 1. The Hall–Kier alpha value is -3.43. The summed E-state index contributed by atoms with van der Waals surface area (Å²) in [6.45, 7) is 9.39. The van der Waals surface area contributed by atoms with Gasteiger partial charge in [0.15, 0.2) is 16.3 Å². The fourth-order valence-corrected chi connectivity index (χ4v) is 5.64. The number of nitrogens with zero attached hydrogens (tertiary/aromatic N) is 2. The fourth-order valence-electron chi connectivity index (χ4n) is 3.77. The van der Waals surface area contributed by atoms with E-state index in [1.54, 1.807) is 50.7 Å². The molecule has 1 aliphatic heterocycles. The van der Waals surface area contributed by atoms with Crippen LogP contribution in [0.15, 0.2) is 69.4 Å². The van der Waals surface area contributed by atoms with Crippen LogP contribution in [0.3, 0.4) is 0 Å². The van der Waals surface area contributed by atoms with Crippen molar-refractivity contribution >= 4 is 34.7 Å². The lowest BCUT2D eigenvalue weighted by Crippen LogP contribution is -2.39. The Labute approximate surface area is 210 Å². The van der Waals surface area contributed by atoms with Crippen molar-refractivity contribution in [2.45, 2.75) is 32.9 Å². The molecule has 1 aromatic carbocycles. The zero-order chi connectivity index (χ0) is 25.1. The van der Waals surface area contributed by atoms with Gasteiger partial charge in [-0.25, -0.2) is 9.79 Å². The van der Waals surface area contributed by atoms with E-state index in [-0.39, 0.29) is 11.7 Å². The van der Waals surface area contributed by atoms with Gasteiger partial charge in [0.25, 0.3) is 5.56 Å². The van der Waals surface area contributed by atoms with E-state index in [0.29, 0.717) is 38.7 Å². The van der Waals surface area contributed by atoms with Gasteiger partial charge < -0.3 is 14.2 Å². The van der Waals surface area contributed by atoms with Crippen LogP contribution in [0, 0.1) is 0 Å². The van der Waals surface area contributed by atoms with E-state index in [9.17, 15) is 9.59 Å². The van der Waals surface area contributed by atoms with Crippen molar-refractivity contribution in [1.29, 1.82) is 0 Å². The van der Waals surface area contributed by atoms with Gasteiger partial charge in [0, 0.05) is 4.88 Å². The van der Waals surface area contributed by atoms with Gasteiger partial charge in [-0.2, -0.15) is 0 Å². The Bertz CT molecular complexity index is 1460. The van der Waals surface area contributed by atoms with E-state index in [0.717, 1.165) is 10.4 Å². The normalized spacial score (nSPS) is 15.6. The van der Waals surface area contributed by atoms with Gasteiger partial charge in [-0.1, -0.05) is 36.1 Å². The average Bonchev–Trinajstić information content (AvgIpc) is 3.45. The molecule has 182 valence electrons. The van der Waals surface area contributed by atoms with Crippen LogP contribution < -0.4 is 24.4 Å². The topological polar surface area (TPSA) is 79.1 Å². The van der Waals surface area contributed by atoms with E-state index < -0.39 is 12.0 Å². The summed E-state index contributed by atoms with van der Waals surface area (Å²) in [6.07, 6.45) is 3.16. The van der Waals surface area contributed by atoms with Crippen molar-refractivity contribution in [2.24, 2.45) is 4.99 Å². The Morgan fingerprint density at radius 1 is 1.29 bits per heavy atom. The lowest BCUT2D eigenvalue weighted by atomic mass is 10.0. The van der Waals surface area contributed by atoms with Crippen LogP contribution in [0.4, 0.5) is 0 Å². The Morgan fingerprint density at radius 2 is 2.09 bits per heavy atom. The highest BCUT2D eigenvalue weighted by atomic mass is 32.1. The smallest absolute Gasteiger partial charge is 0.338 e. The zero-order valence-electron chi connectivity index (χ0n) is 19.9. The van der Waals surface area contributed by atoms with Crippen molar-refractivity contribution < 1.29 is 19.0 Å². The molecule has 0 radical (unpaired) electrons. The molecule has 0 bridgehead atoms. The number of ether oxygens (including phenoxy) is 3. The van der Waals surface area contributed by atoms with Gasteiger partial charge in [-0.15, -0.1) is 11.3 Å². The quantitative estimate of drug-likeness (QED) is 0.340. The second-order valence-corrected chi connectivity index (χ2v) is 10.0. The van der Waals surface area contributed by atoms with Crippen molar-refractivity contribution in [2.75, 3.05) is 13.7 Å². The molecule has 0 amide bonds. The van der Waals surface area contributed by atoms with Gasteiger partial charge >= 0.3 is 5.97 Å². The third-order valence-corrected chi connectivity index (χ3v) is 7.15. The summed E-state index contributed by atoms with van der Waals surface area (Å²) in [6, 6.07) is 8.68. The van der Waals surface area contributed by atoms with Crippen molar-refractivity contribution in [3.63, 3.8) is 0 Å². The highest BCUT2D eigenvalue weighted by Crippen LogP contribution is 2.33. The average molecular weight is 511 g/mol. The maximum Gasteiger partial charge on any atom is 0.338 e. The molecular weight excluding hydrogens is 484 g/mol. The number of thiophene rings is 1. The summed E-state index contributed by atoms with van der Waals surface area (Å²) in [5, 5.41) is 1.92. The molecule has 1 aliphatic rings. The first kappa shape index (κ1) is 24.7. The molecule has 0 aliphatic carbocycles. The summed E-state index contributed by atoms with van der Waals surface area (Å²) in [5.74, 6) is 0.681. The fraction of sp³-hybridized carbons (Fsp3) is 0.269. The van der Waals surface area contributed by atoms with E-state index in [1.807, 2.05) is 29.6 Å². The van der Waals surface area contributed by atoms with Crippen molar-refractivity contribution in [1.82, 2.24) is 4.57 Å². The molecular formula is C26H26N2O5S2. The van der Waals surface area contributed by atoms with E-state index in [1.165, 1.54) is 22.7 Å². The summed E-state index contributed by atoms with van der Waals surface area (Å²) in [4.78, 5) is 32.7. The SMILES string of the molecule is C=CCOc1ccc(/C=c2/sc3n(c2=O)C(c2cccs2)C(C(=O)OC(C)C)=C(C)N=3)cc1OC. The number of carbonyl (C=O) groups is 1. The molecule has 0 spiro atoms. The molecule has 0 saturated heterocycles. The second kappa shape index (κ2) is 10.5. The van der Waals surface area contributed by atoms with Gasteiger partial charge in [0.1, 0.15) is 12.6 Å². The number of hydrogen-bond acceptors (Lipinski definition) is 8. The number of esters is 1. The Kier molecular flexibility index (Phi) is 7.37. The molecule has 2 aromatic heterocycles. The second-order valence-electron chi connectivity index (χ2n) is 8.06. The van der Waals surface area contributed by atoms with E-state index in [2.05, 4.69) is 11.6 Å². The largest absolute Gasteiger partial charge is 0.493 e. The monoisotopic (exact) mass is 510 g/mol. The first-order valence-corrected chi connectivity index (χ1v) is 12.7. The van der Waals surface area contributed by atoms with Crippen LogP contribution in [0.1, 0.15) is 37.3 Å². The standard InChI is InChI=1S/C26H26N2O5S2/c1-6-11-32-18-10-9-17(13-19(18)31-5)14-21-24(29)28-23(20-8-7-12-34-20)22(25(30)33-15(2)3)16(4)27-26(28)35-21/h6-10,12-15,23H,1,11H2,2-5H3/b21-14+. The summed E-state index contributed by atoms with van der Waals surface area (Å²) >= 11 is 2.77.